The molecule has 0 bridgehead atoms. The van der Waals surface area contributed by atoms with E-state index in [4.69, 9.17) is 106 Å². The van der Waals surface area contributed by atoms with Crippen LogP contribution in [-0.2, 0) is 61.2 Å². The molecule has 20 nitrogen and oxygen atoms in total. The summed E-state index contributed by atoms with van der Waals surface area (Å²) in [6.07, 6.45) is 0.701. The molecule has 5 aromatic rings. The number of carboxylic acid groups (broad SMARTS) is 1. The van der Waals surface area contributed by atoms with Crippen molar-refractivity contribution in [3.63, 3.8) is 0 Å². The predicted octanol–water partition coefficient (Wildman–Crippen LogP) is 9.59. The summed E-state index contributed by atoms with van der Waals surface area (Å²) in [4.78, 5) is 81.2. The first-order valence-electron chi connectivity index (χ1n) is 20.7. The molecule has 1 atom stereocenters. The van der Waals surface area contributed by atoms with Gasteiger partial charge in [0.1, 0.15) is 69.5 Å². The van der Waals surface area contributed by atoms with Crippen LogP contribution in [0.4, 0.5) is 0 Å². The van der Waals surface area contributed by atoms with Gasteiger partial charge in [0.2, 0.25) is 0 Å². The lowest BCUT2D eigenvalue weighted by Gasteiger charge is -2.22. The minimum atomic E-state index is -0.965. The van der Waals surface area contributed by atoms with Crippen molar-refractivity contribution in [2.24, 2.45) is 0 Å². The second-order valence-corrected chi connectivity index (χ2v) is 16.8. The molecule has 0 spiro atoms. The van der Waals surface area contributed by atoms with Gasteiger partial charge in [-0.2, -0.15) is 9.59 Å². The molecule has 26 heteroatoms. The molecule has 0 saturated carbocycles. The summed E-state index contributed by atoms with van der Waals surface area (Å²) in [5.41, 5.74) is 0.912. The van der Waals surface area contributed by atoms with E-state index in [1.165, 1.54) is 42.7 Å². The van der Waals surface area contributed by atoms with Crippen molar-refractivity contribution in [3.8, 4) is 28.7 Å². The third kappa shape index (κ3) is 24.2. The lowest BCUT2D eigenvalue weighted by molar-refractivity contribution is -0.191. The van der Waals surface area contributed by atoms with Crippen LogP contribution in [0.15, 0.2) is 60.7 Å². The molecule has 5 heterocycles. The number of esters is 3. The van der Waals surface area contributed by atoms with Gasteiger partial charge in [0.05, 0.1) is 86.3 Å². The molecule has 1 unspecified atom stereocenters. The fraction of sp³-hybridized carbons (Fsp3) is 0.362. The first-order valence-corrected chi connectivity index (χ1v) is 23.7. The van der Waals surface area contributed by atoms with Crippen LogP contribution in [0.25, 0.3) is 0 Å². The van der Waals surface area contributed by atoms with E-state index in [-0.39, 0.29) is 42.1 Å². The van der Waals surface area contributed by atoms with Crippen molar-refractivity contribution in [1.29, 1.82) is 0 Å². The van der Waals surface area contributed by atoms with Crippen LogP contribution in [0.1, 0.15) is 62.8 Å². The number of aromatic nitrogens is 5. The number of aliphatic carboxylic acids is 1. The van der Waals surface area contributed by atoms with Gasteiger partial charge in [0.15, 0.2) is 5.75 Å². The fourth-order valence-electron chi connectivity index (χ4n) is 5.41. The van der Waals surface area contributed by atoms with Crippen LogP contribution in [0.2, 0.25) is 25.8 Å². The Kier molecular flexibility index (Phi) is 33.3. The Labute approximate surface area is 460 Å². The van der Waals surface area contributed by atoms with Gasteiger partial charge in [-0.05, 0) is 110 Å². The summed E-state index contributed by atoms with van der Waals surface area (Å²) in [6, 6.07) is 16.5. The number of methoxy groups -OCH3 is 7. The monoisotopic (exact) mass is 1230 g/mol. The Hall–Kier alpha value is -5.81. The maximum atomic E-state index is 11.8. The van der Waals surface area contributed by atoms with Gasteiger partial charge in [-0.25, -0.2) is 24.9 Å². The molecule has 5 rings (SSSR count). The average Bonchev–Trinajstić information content (AvgIpc) is 3.35. The van der Waals surface area contributed by atoms with Crippen LogP contribution >= 0.6 is 80.6 Å². The van der Waals surface area contributed by atoms with Crippen molar-refractivity contribution >= 4 is 111 Å². The molecule has 398 valence electrons. The Morgan fingerprint density at radius 2 is 0.986 bits per heavy atom. The van der Waals surface area contributed by atoms with E-state index in [1.54, 1.807) is 88.5 Å². The van der Waals surface area contributed by atoms with Crippen molar-refractivity contribution in [2.45, 2.75) is 58.3 Å². The Bertz CT molecular complexity index is 2590. The van der Waals surface area contributed by atoms with E-state index < -0.39 is 17.3 Å². The predicted molar refractivity (Wildman–Crippen MR) is 278 cm³/mol. The summed E-state index contributed by atoms with van der Waals surface area (Å²) in [5, 5.41) is 10.3. The smallest absolute Gasteiger partial charge is 0.373 e. The minimum Gasteiger partial charge on any atom is -0.495 e. The number of ether oxygens (including phenoxy) is 8. The molecule has 0 aromatic carbocycles. The number of hydrogen-bond donors (Lipinski definition) is 1. The largest absolute Gasteiger partial charge is 0.495 e. The molecule has 0 fully saturated rings. The highest BCUT2D eigenvalue weighted by atomic mass is 127. The number of rotatable bonds is 15. The van der Waals surface area contributed by atoms with Gasteiger partial charge in [0.25, 0.3) is 0 Å². The fourth-order valence-corrected chi connectivity index (χ4v) is 7.00. The molecular formula is C47H53Cl5IN5O15. The summed E-state index contributed by atoms with van der Waals surface area (Å²) in [5.74, 6) is 0.309. The number of carbonyl (C=O) groups is 4. The van der Waals surface area contributed by atoms with E-state index in [9.17, 15) is 19.2 Å². The highest BCUT2D eigenvalue weighted by molar-refractivity contribution is 14.1. The van der Waals surface area contributed by atoms with E-state index in [1.807, 2.05) is 6.92 Å². The van der Waals surface area contributed by atoms with Gasteiger partial charge in [0, 0.05) is 0 Å². The van der Waals surface area contributed by atoms with Crippen LogP contribution in [0.5, 0.6) is 28.7 Å². The topological polar surface area (TPSA) is 261 Å². The molecular weight excluding hydrogens is 1180 g/mol. The molecule has 0 aliphatic heterocycles. The van der Waals surface area contributed by atoms with Gasteiger partial charge < -0.3 is 43.0 Å². The third-order valence-corrected chi connectivity index (χ3v) is 10.6. The molecule has 73 heavy (non-hydrogen) atoms. The van der Waals surface area contributed by atoms with E-state index in [0.717, 1.165) is 9.45 Å². The van der Waals surface area contributed by atoms with Crippen molar-refractivity contribution < 1.29 is 71.8 Å². The Balaban J connectivity index is 0.000000882. The molecule has 5 aromatic heterocycles. The maximum Gasteiger partial charge on any atom is 0.373 e. The number of carbonyl (C=O) groups excluding carboxylic acids is 5. The quantitative estimate of drug-likeness (QED) is 0.0442. The van der Waals surface area contributed by atoms with Gasteiger partial charge in [-0.1, -0.05) is 64.9 Å². The Morgan fingerprint density at radius 3 is 1.38 bits per heavy atom. The minimum absolute atomic E-state index is 0.0558. The van der Waals surface area contributed by atoms with Gasteiger partial charge in [-0.3, -0.25) is 19.2 Å². The summed E-state index contributed by atoms with van der Waals surface area (Å²) < 4.78 is 40.3. The highest BCUT2D eigenvalue weighted by Gasteiger charge is 2.35. The van der Waals surface area contributed by atoms with Crippen LogP contribution in [-0.4, -0.2) is 116 Å². The summed E-state index contributed by atoms with van der Waals surface area (Å²) in [6.45, 7) is 7.43. The molecule has 1 N–H and O–H groups in total. The van der Waals surface area contributed by atoms with E-state index in [2.05, 4.69) is 52.2 Å². The average molecular weight is 1230 g/mol. The van der Waals surface area contributed by atoms with Crippen LogP contribution in [0.3, 0.4) is 0 Å². The molecule has 0 aliphatic rings. The zero-order chi connectivity index (χ0) is 55.8. The molecule has 0 saturated heterocycles. The van der Waals surface area contributed by atoms with E-state index in [0.29, 0.717) is 79.4 Å². The first kappa shape index (κ1) is 67.2. The number of hydrogen-bond acceptors (Lipinski definition) is 19. The maximum absolute atomic E-state index is 11.8. The number of pyridine rings is 5. The second-order valence-electron chi connectivity index (χ2n) is 13.8. The normalized spacial score (nSPS) is 10.2. The number of halogens is 6. The van der Waals surface area contributed by atoms with Crippen LogP contribution in [0, 0.1) is 3.70 Å². The second kappa shape index (κ2) is 36.2. The first-order chi connectivity index (χ1) is 34.5. The van der Waals surface area contributed by atoms with Gasteiger partial charge >= 0.3 is 30.0 Å². The van der Waals surface area contributed by atoms with E-state index >= 15 is 0 Å². The molecule has 0 amide bonds. The number of nitrogens with zero attached hydrogens (tertiary/aromatic N) is 5. The van der Waals surface area contributed by atoms with Crippen molar-refractivity contribution in [2.75, 3.05) is 56.4 Å². The SMILES string of the molecule is CCOC(=O)C(CC)c1nc(Cl)ccc1OC.COC(=O)C(C)(C)c1nc(Cl)ccc1OC.COC(=O)Cc1nc(Cl)ccc1OC.COc1ccc(Cl)nc1CC(=O)O.COc1ccc(Cl)nc1I.O=C=O. The Morgan fingerprint density at radius 1 is 0.589 bits per heavy atom. The zero-order valence-electron chi connectivity index (χ0n) is 41.3. The van der Waals surface area contributed by atoms with Crippen molar-refractivity contribution in [1.82, 2.24) is 24.9 Å². The molecule has 0 radical (unpaired) electrons. The lowest BCUT2D eigenvalue weighted by atomic mass is 9.88. The van der Waals surface area contributed by atoms with Crippen molar-refractivity contribution in [3.05, 3.63) is 113 Å². The highest BCUT2D eigenvalue weighted by Crippen LogP contribution is 2.33. The lowest BCUT2D eigenvalue weighted by Crippen LogP contribution is -2.31. The standard InChI is InChI=1S/C12H16ClNO3.C11H14ClNO3.C9H10ClNO3.C8H8ClNO3.C6H5ClINO.CO2/c1-4-8(12(15)17-5-2)11-9(16-3)6-7-10(13)14-11;1-11(2,10(14)16-4)9-7(15-3)5-6-8(12)13-9;1-13-7-3-4-8(10)11-6(7)5-9(12)14-2;1-13-6-2-3-7(9)10-5(6)4-8(11)12;1-10-4-2-3-5(7)9-6(4)8;2-1-3/h6-8H,4-5H2,1-3H3;5-6H,1-4H3;3-4H,5H2,1-2H3;2-3H,4H2,1H3,(H,11,12);2-3H,1H3;. The zero-order valence-corrected chi connectivity index (χ0v) is 47.3. The third-order valence-electron chi connectivity index (χ3n) is 8.81. The summed E-state index contributed by atoms with van der Waals surface area (Å²) >= 11 is 30.6. The summed E-state index contributed by atoms with van der Waals surface area (Å²) in [7, 11) is 10.3. The van der Waals surface area contributed by atoms with Crippen LogP contribution < -0.4 is 23.7 Å². The number of carboxylic acids is 1. The molecule has 0 aliphatic carbocycles. The van der Waals surface area contributed by atoms with Gasteiger partial charge in [-0.15, -0.1) is 0 Å².